The van der Waals surface area contributed by atoms with E-state index in [1.165, 1.54) is 11.6 Å². The van der Waals surface area contributed by atoms with Gasteiger partial charge in [0.15, 0.2) is 0 Å². The van der Waals surface area contributed by atoms with Gasteiger partial charge in [-0.05, 0) is 30.9 Å². The lowest BCUT2D eigenvalue weighted by molar-refractivity contribution is -0.384. The molecule has 0 unspecified atom stereocenters. The zero-order valence-corrected chi connectivity index (χ0v) is 16.5. The Balaban J connectivity index is 1.32. The van der Waals surface area contributed by atoms with Crippen LogP contribution in [0.15, 0.2) is 54.6 Å². The van der Waals surface area contributed by atoms with E-state index in [9.17, 15) is 14.9 Å². The summed E-state index contributed by atoms with van der Waals surface area (Å²) in [4.78, 5) is 25.2. The Morgan fingerprint density at radius 2 is 1.76 bits per heavy atom. The van der Waals surface area contributed by atoms with E-state index in [0.29, 0.717) is 25.1 Å². The second-order valence-electron chi connectivity index (χ2n) is 7.41. The normalized spacial score (nSPS) is 15.0. The van der Waals surface area contributed by atoms with Gasteiger partial charge in [-0.2, -0.15) is 0 Å². The largest absolute Gasteiger partial charge is 0.379 e. The van der Waals surface area contributed by atoms with Crippen LogP contribution in [0.3, 0.4) is 0 Å². The van der Waals surface area contributed by atoms with Crippen LogP contribution in [0.5, 0.6) is 0 Å². The number of rotatable bonds is 9. The monoisotopic (exact) mass is 396 g/mol. The molecular formula is C22H28N4O3. The van der Waals surface area contributed by atoms with Gasteiger partial charge in [-0.3, -0.25) is 19.8 Å². The predicted molar refractivity (Wildman–Crippen MR) is 114 cm³/mol. The van der Waals surface area contributed by atoms with Crippen LogP contribution in [0.4, 0.5) is 11.4 Å². The number of anilines is 1. The molecule has 2 N–H and O–H groups in total. The molecule has 0 radical (unpaired) electrons. The fraction of sp³-hybridized carbons (Fsp3) is 0.409. The lowest BCUT2D eigenvalue weighted by atomic mass is 10.0. The van der Waals surface area contributed by atoms with E-state index in [0.717, 1.165) is 32.5 Å². The number of para-hydroxylation sites is 2. The molecule has 0 aliphatic carbocycles. The molecule has 0 aromatic heterocycles. The molecule has 0 bridgehead atoms. The van der Waals surface area contributed by atoms with Crippen LogP contribution in [0, 0.1) is 10.1 Å². The highest BCUT2D eigenvalue weighted by molar-refractivity contribution is 5.76. The van der Waals surface area contributed by atoms with Crippen molar-refractivity contribution in [2.24, 2.45) is 0 Å². The molecule has 2 aromatic rings. The highest BCUT2D eigenvalue weighted by atomic mass is 16.6. The first-order chi connectivity index (χ1) is 14.1. The van der Waals surface area contributed by atoms with Gasteiger partial charge in [-0.1, -0.05) is 42.5 Å². The average Bonchev–Trinajstić information content (AvgIpc) is 2.73. The number of carbonyl (C=O) groups excluding carboxylic acids is 1. The number of hydrogen-bond acceptors (Lipinski definition) is 5. The molecule has 0 spiro atoms. The standard InChI is InChI=1S/C22H28N4O3/c27-22(11-6-14-23-20-9-4-5-10-21(20)26(28)29)24-19-12-15-25(16-13-19)17-18-7-2-1-3-8-18/h1-5,7-10,19,23H,6,11-17H2,(H,24,27). The van der Waals surface area contributed by atoms with E-state index in [2.05, 4.69) is 39.8 Å². The number of amides is 1. The smallest absolute Gasteiger partial charge is 0.292 e. The zero-order chi connectivity index (χ0) is 20.5. The van der Waals surface area contributed by atoms with Crippen molar-refractivity contribution in [3.8, 4) is 0 Å². The highest BCUT2D eigenvalue weighted by Crippen LogP contribution is 2.23. The quantitative estimate of drug-likeness (QED) is 0.384. The summed E-state index contributed by atoms with van der Waals surface area (Å²) in [6.07, 6.45) is 2.97. The molecule has 2 aromatic carbocycles. The number of piperidine rings is 1. The molecule has 7 nitrogen and oxygen atoms in total. The molecule has 1 aliphatic rings. The number of nitro groups is 1. The van der Waals surface area contributed by atoms with Crippen molar-refractivity contribution in [3.63, 3.8) is 0 Å². The molecule has 0 saturated carbocycles. The first-order valence-corrected chi connectivity index (χ1v) is 10.1. The van der Waals surface area contributed by atoms with E-state index < -0.39 is 4.92 Å². The lowest BCUT2D eigenvalue weighted by Gasteiger charge is -2.32. The molecule has 154 valence electrons. The van der Waals surface area contributed by atoms with Crippen molar-refractivity contribution in [1.29, 1.82) is 0 Å². The molecule has 29 heavy (non-hydrogen) atoms. The van der Waals surface area contributed by atoms with E-state index >= 15 is 0 Å². The van der Waals surface area contributed by atoms with Gasteiger partial charge >= 0.3 is 0 Å². The van der Waals surface area contributed by atoms with Crippen LogP contribution in [-0.2, 0) is 11.3 Å². The number of hydrogen-bond donors (Lipinski definition) is 2. The third-order valence-electron chi connectivity index (χ3n) is 5.20. The average molecular weight is 396 g/mol. The Labute approximate surface area is 171 Å². The van der Waals surface area contributed by atoms with E-state index in [-0.39, 0.29) is 17.6 Å². The Bertz CT molecular complexity index is 805. The van der Waals surface area contributed by atoms with Crippen molar-refractivity contribution < 1.29 is 9.72 Å². The van der Waals surface area contributed by atoms with Crippen molar-refractivity contribution >= 4 is 17.3 Å². The molecule has 1 saturated heterocycles. The number of nitrogens with zero attached hydrogens (tertiary/aromatic N) is 2. The second kappa shape index (κ2) is 10.6. The summed E-state index contributed by atoms with van der Waals surface area (Å²) in [5.41, 5.74) is 1.86. The van der Waals surface area contributed by atoms with Crippen LogP contribution < -0.4 is 10.6 Å². The number of benzene rings is 2. The molecule has 0 atom stereocenters. The number of carbonyl (C=O) groups is 1. The minimum atomic E-state index is -0.404. The molecule has 7 heteroatoms. The van der Waals surface area contributed by atoms with Gasteiger partial charge < -0.3 is 10.6 Å². The van der Waals surface area contributed by atoms with Crippen LogP contribution in [0.25, 0.3) is 0 Å². The molecule has 1 fully saturated rings. The summed E-state index contributed by atoms with van der Waals surface area (Å²) < 4.78 is 0. The van der Waals surface area contributed by atoms with Crippen molar-refractivity contribution in [2.75, 3.05) is 25.0 Å². The summed E-state index contributed by atoms with van der Waals surface area (Å²) in [5, 5.41) is 17.2. The van der Waals surface area contributed by atoms with E-state index in [4.69, 9.17) is 0 Å². The third-order valence-corrected chi connectivity index (χ3v) is 5.20. The second-order valence-corrected chi connectivity index (χ2v) is 7.41. The lowest BCUT2D eigenvalue weighted by Crippen LogP contribution is -2.44. The predicted octanol–water partition coefficient (Wildman–Crippen LogP) is 3.57. The first kappa shape index (κ1) is 20.8. The fourth-order valence-electron chi connectivity index (χ4n) is 3.63. The molecular weight excluding hydrogens is 368 g/mol. The first-order valence-electron chi connectivity index (χ1n) is 10.1. The molecule has 3 rings (SSSR count). The summed E-state index contributed by atoms with van der Waals surface area (Å²) in [7, 11) is 0. The van der Waals surface area contributed by atoms with Crippen LogP contribution in [0.1, 0.15) is 31.2 Å². The molecule has 1 amide bonds. The topological polar surface area (TPSA) is 87.5 Å². The molecule has 1 aliphatic heterocycles. The van der Waals surface area contributed by atoms with Gasteiger partial charge in [0, 0.05) is 44.7 Å². The van der Waals surface area contributed by atoms with Crippen LogP contribution in [0.2, 0.25) is 0 Å². The summed E-state index contributed by atoms with van der Waals surface area (Å²) in [5.74, 6) is 0.0517. The Kier molecular flexibility index (Phi) is 7.58. The van der Waals surface area contributed by atoms with E-state index in [1.807, 2.05) is 6.07 Å². The summed E-state index contributed by atoms with van der Waals surface area (Å²) in [6.45, 7) is 3.45. The summed E-state index contributed by atoms with van der Waals surface area (Å²) in [6, 6.07) is 17.2. The SMILES string of the molecule is O=C(CCCNc1ccccc1[N+](=O)[O-])NC1CCN(Cc2ccccc2)CC1. The van der Waals surface area contributed by atoms with Crippen molar-refractivity contribution in [3.05, 3.63) is 70.3 Å². The third kappa shape index (κ3) is 6.57. The summed E-state index contributed by atoms with van der Waals surface area (Å²) >= 11 is 0. The van der Waals surface area contributed by atoms with Gasteiger partial charge in [0.25, 0.3) is 5.69 Å². The van der Waals surface area contributed by atoms with Crippen molar-refractivity contribution in [2.45, 2.75) is 38.3 Å². The van der Waals surface area contributed by atoms with E-state index in [1.54, 1.807) is 18.2 Å². The van der Waals surface area contributed by atoms with Gasteiger partial charge in [0.1, 0.15) is 5.69 Å². The Hall–Kier alpha value is -2.93. The van der Waals surface area contributed by atoms with Gasteiger partial charge in [-0.25, -0.2) is 0 Å². The van der Waals surface area contributed by atoms with Gasteiger partial charge in [0.2, 0.25) is 5.91 Å². The Morgan fingerprint density at radius 3 is 2.48 bits per heavy atom. The fourth-order valence-corrected chi connectivity index (χ4v) is 3.63. The minimum Gasteiger partial charge on any atom is -0.379 e. The minimum absolute atomic E-state index is 0.0517. The number of nitro benzene ring substituents is 1. The van der Waals surface area contributed by atoms with Crippen LogP contribution in [-0.4, -0.2) is 41.4 Å². The maximum absolute atomic E-state index is 12.2. The maximum atomic E-state index is 12.2. The van der Waals surface area contributed by atoms with Crippen molar-refractivity contribution in [1.82, 2.24) is 10.2 Å². The highest BCUT2D eigenvalue weighted by Gasteiger charge is 2.20. The number of nitrogens with one attached hydrogen (secondary N) is 2. The van der Waals surface area contributed by atoms with Crippen LogP contribution >= 0.6 is 0 Å². The maximum Gasteiger partial charge on any atom is 0.292 e. The zero-order valence-electron chi connectivity index (χ0n) is 16.5. The van der Waals surface area contributed by atoms with Gasteiger partial charge in [-0.15, -0.1) is 0 Å². The van der Waals surface area contributed by atoms with Gasteiger partial charge in [0.05, 0.1) is 4.92 Å². The number of likely N-dealkylation sites (tertiary alicyclic amines) is 1. The molecule has 1 heterocycles. The Morgan fingerprint density at radius 1 is 1.07 bits per heavy atom.